The van der Waals surface area contributed by atoms with Gasteiger partial charge < -0.3 is 5.32 Å². The lowest BCUT2D eigenvalue weighted by Crippen LogP contribution is -2.51. The number of likely N-dealkylation sites (N-methyl/N-ethyl adjacent to an activating group) is 1. The Kier molecular flexibility index (Phi) is 4.68. The van der Waals surface area contributed by atoms with Crippen molar-refractivity contribution in [2.75, 3.05) is 13.6 Å². The molecule has 2 aromatic rings. The number of sulfonamides is 1. The molecule has 1 N–H and O–H groups in total. The molecule has 1 fully saturated rings. The van der Waals surface area contributed by atoms with Gasteiger partial charge >= 0.3 is 0 Å². The zero-order valence-corrected chi connectivity index (χ0v) is 14.2. The molecule has 0 bridgehead atoms. The zero-order valence-electron chi connectivity index (χ0n) is 13.4. The lowest BCUT2D eigenvalue weighted by atomic mass is 10.0. The van der Waals surface area contributed by atoms with E-state index in [0.717, 1.165) is 18.5 Å². The smallest absolute Gasteiger partial charge is 0.246 e. The number of piperidine rings is 1. The zero-order chi connectivity index (χ0) is 17.2. The second-order valence-electron chi connectivity index (χ2n) is 5.70. The van der Waals surface area contributed by atoms with E-state index in [4.69, 9.17) is 0 Å². The first-order chi connectivity index (χ1) is 11.5. The van der Waals surface area contributed by atoms with E-state index < -0.39 is 16.1 Å². The van der Waals surface area contributed by atoms with Crippen LogP contribution in [-0.2, 0) is 14.8 Å². The monoisotopic (exact) mass is 348 g/mol. The molecule has 3 rings (SSSR count). The van der Waals surface area contributed by atoms with Crippen LogP contribution in [0.25, 0.3) is 5.69 Å². The van der Waals surface area contributed by atoms with Crippen LogP contribution in [0.2, 0.25) is 0 Å². The number of nitrogens with one attached hydrogen (secondary N) is 1. The molecular formula is C16H20N4O3S. The molecule has 1 aromatic heterocycles. The van der Waals surface area contributed by atoms with E-state index in [1.54, 1.807) is 0 Å². The molecule has 1 aliphatic rings. The van der Waals surface area contributed by atoms with Gasteiger partial charge in [-0.1, -0.05) is 24.6 Å². The van der Waals surface area contributed by atoms with Crippen LogP contribution < -0.4 is 5.32 Å². The fourth-order valence-electron chi connectivity index (χ4n) is 2.92. The quantitative estimate of drug-likeness (QED) is 0.899. The average molecular weight is 348 g/mol. The van der Waals surface area contributed by atoms with Gasteiger partial charge in [-0.15, -0.1) is 0 Å². The maximum Gasteiger partial charge on any atom is 0.246 e. The highest BCUT2D eigenvalue weighted by atomic mass is 32.2. The number of rotatable bonds is 4. The third kappa shape index (κ3) is 3.07. The highest BCUT2D eigenvalue weighted by Crippen LogP contribution is 2.25. The Hall–Kier alpha value is -2.19. The molecule has 8 heteroatoms. The number of benzene rings is 1. The minimum atomic E-state index is -3.76. The van der Waals surface area contributed by atoms with Gasteiger partial charge in [0.1, 0.15) is 10.9 Å². The predicted molar refractivity (Wildman–Crippen MR) is 89.2 cm³/mol. The van der Waals surface area contributed by atoms with Crippen LogP contribution in [-0.4, -0.2) is 48.0 Å². The lowest BCUT2D eigenvalue weighted by Gasteiger charge is -2.32. The minimum Gasteiger partial charge on any atom is -0.358 e. The summed E-state index contributed by atoms with van der Waals surface area (Å²) in [4.78, 5) is 12.1. The first-order valence-corrected chi connectivity index (χ1v) is 9.31. The van der Waals surface area contributed by atoms with E-state index >= 15 is 0 Å². The first kappa shape index (κ1) is 16.7. The van der Waals surface area contributed by atoms with Gasteiger partial charge in [-0.3, -0.25) is 4.79 Å². The molecule has 128 valence electrons. The third-order valence-electron chi connectivity index (χ3n) is 4.19. The number of para-hydroxylation sites is 1. The van der Waals surface area contributed by atoms with Gasteiger partial charge in [-0.25, -0.2) is 13.1 Å². The van der Waals surface area contributed by atoms with Crippen LogP contribution in [0.4, 0.5) is 0 Å². The Labute approximate surface area is 141 Å². The second-order valence-corrected chi connectivity index (χ2v) is 7.59. The van der Waals surface area contributed by atoms with Crippen LogP contribution in [0.15, 0.2) is 47.6 Å². The summed E-state index contributed by atoms with van der Waals surface area (Å²) in [5.41, 5.74) is 0.778. The topological polar surface area (TPSA) is 84.3 Å². The normalized spacial score (nSPS) is 19.1. The first-order valence-electron chi connectivity index (χ1n) is 7.87. The van der Waals surface area contributed by atoms with Crippen molar-refractivity contribution in [3.05, 3.63) is 42.7 Å². The number of carbonyl (C=O) groups excluding carboxylic acids is 1. The largest absolute Gasteiger partial charge is 0.358 e. The Morgan fingerprint density at radius 1 is 1.25 bits per heavy atom. The Morgan fingerprint density at radius 3 is 2.71 bits per heavy atom. The van der Waals surface area contributed by atoms with Crippen LogP contribution in [0.3, 0.4) is 0 Å². The molecule has 0 aliphatic carbocycles. The highest BCUT2D eigenvalue weighted by molar-refractivity contribution is 7.89. The summed E-state index contributed by atoms with van der Waals surface area (Å²) in [6.45, 7) is 0.344. The molecule has 2 heterocycles. The molecule has 1 unspecified atom stereocenters. The third-order valence-corrected chi connectivity index (χ3v) is 6.05. The summed E-state index contributed by atoms with van der Waals surface area (Å²) in [5, 5.41) is 6.70. The predicted octanol–water partition coefficient (Wildman–Crippen LogP) is 1.16. The molecule has 7 nitrogen and oxygen atoms in total. The van der Waals surface area contributed by atoms with Crippen LogP contribution in [0.5, 0.6) is 0 Å². The van der Waals surface area contributed by atoms with Crippen molar-refractivity contribution in [3.63, 3.8) is 0 Å². The minimum absolute atomic E-state index is 0.0992. The van der Waals surface area contributed by atoms with Crippen molar-refractivity contribution >= 4 is 15.9 Å². The second kappa shape index (κ2) is 6.74. The number of carbonyl (C=O) groups is 1. The van der Waals surface area contributed by atoms with E-state index in [9.17, 15) is 13.2 Å². The summed E-state index contributed by atoms with van der Waals surface area (Å²) < 4.78 is 28.7. The molecule has 0 radical (unpaired) electrons. The number of hydrogen-bond acceptors (Lipinski definition) is 4. The van der Waals surface area contributed by atoms with Crippen molar-refractivity contribution < 1.29 is 13.2 Å². The Balaban J connectivity index is 1.92. The maximum absolute atomic E-state index is 13.0. The number of aromatic nitrogens is 2. The molecule has 1 aromatic carbocycles. The van der Waals surface area contributed by atoms with Crippen molar-refractivity contribution in [2.24, 2.45) is 0 Å². The van der Waals surface area contributed by atoms with E-state index in [1.807, 2.05) is 30.3 Å². The SMILES string of the molecule is CNC(=O)C1CCCCN1S(=O)(=O)c1cnn(-c2ccccc2)c1. The van der Waals surface area contributed by atoms with Gasteiger partial charge in [0.2, 0.25) is 15.9 Å². The molecule has 24 heavy (non-hydrogen) atoms. The highest BCUT2D eigenvalue weighted by Gasteiger charge is 2.37. The molecule has 0 spiro atoms. The summed E-state index contributed by atoms with van der Waals surface area (Å²) >= 11 is 0. The van der Waals surface area contributed by atoms with Crippen molar-refractivity contribution in [1.29, 1.82) is 0 Å². The van der Waals surface area contributed by atoms with Crippen LogP contribution in [0.1, 0.15) is 19.3 Å². The van der Waals surface area contributed by atoms with Crippen LogP contribution >= 0.6 is 0 Å². The van der Waals surface area contributed by atoms with Gasteiger partial charge in [0.15, 0.2) is 0 Å². The van der Waals surface area contributed by atoms with Gasteiger partial charge in [0.05, 0.1) is 18.1 Å². The molecule has 1 atom stereocenters. The molecule has 0 saturated carbocycles. The average Bonchev–Trinajstić information content (AvgIpc) is 3.13. The van der Waals surface area contributed by atoms with E-state index in [1.165, 1.54) is 28.4 Å². The van der Waals surface area contributed by atoms with Crippen molar-refractivity contribution in [1.82, 2.24) is 19.4 Å². The molecule has 1 saturated heterocycles. The fraction of sp³-hybridized carbons (Fsp3) is 0.375. The van der Waals surface area contributed by atoms with E-state index in [0.29, 0.717) is 13.0 Å². The summed E-state index contributed by atoms with van der Waals surface area (Å²) in [6.07, 6.45) is 4.94. The lowest BCUT2D eigenvalue weighted by molar-refractivity contribution is -0.125. The summed E-state index contributed by atoms with van der Waals surface area (Å²) in [6, 6.07) is 8.63. The Morgan fingerprint density at radius 2 is 2.00 bits per heavy atom. The summed E-state index contributed by atoms with van der Waals surface area (Å²) in [7, 11) is -2.24. The summed E-state index contributed by atoms with van der Waals surface area (Å²) in [5.74, 6) is -0.270. The number of nitrogens with zero attached hydrogens (tertiary/aromatic N) is 3. The number of hydrogen-bond donors (Lipinski definition) is 1. The van der Waals surface area contributed by atoms with Crippen molar-refractivity contribution in [3.8, 4) is 5.69 Å². The maximum atomic E-state index is 13.0. The number of amides is 1. The Bertz CT molecular complexity index is 817. The van der Waals surface area contributed by atoms with Gasteiger partial charge in [0.25, 0.3) is 0 Å². The molecule has 1 amide bonds. The molecular weight excluding hydrogens is 328 g/mol. The van der Waals surface area contributed by atoms with E-state index in [-0.39, 0.29) is 10.8 Å². The molecule has 1 aliphatic heterocycles. The van der Waals surface area contributed by atoms with Crippen LogP contribution in [0, 0.1) is 0 Å². The van der Waals surface area contributed by atoms with Crippen molar-refractivity contribution in [2.45, 2.75) is 30.2 Å². The van der Waals surface area contributed by atoms with Gasteiger partial charge in [-0.2, -0.15) is 9.40 Å². The van der Waals surface area contributed by atoms with Gasteiger partial charge in [-0.05, 0) is 25.0 Å². The standard InChI is InChI=1S/C16H20N4O3S/c1-17-16(21)15-9-5-6-10-20(15)24(22,23)14-11-18-19(12-14)13-7-3-2-4-8-13/h2-4,7-8,11-12,15H,5-6,9-10H2,1H3,(H,17,21). The fourth-order valence-corrected chi connectivity index (χ4v) is 4.51. The van der Waals surface area contributed by atoms with E-state index in [2.05, 4.69) is 10.4 Å². The van der Waals surface area contributed by atoms with Gasteiger partial charge in [0, 0.05) is 13.6 Å².